The van der Waals surface area contributed by atoms with E-state index in [0.29, 0.717) is 22.6 Å². The standard InChI is InChI=1S/C28H27NO4/c1-5-19-10-12-20(13-11-19)26(30)24-25(21-7-6-8-23(16-21)33-4)29(28(32)27(24)31)22-14-9-17(2)18(3)15-22/h6-16,25,30H,5H2,1-4H3/b26-24+. The number of Topliss-reactive ketones (excluding diaryl/α,β-unsaturated/α-hetero) is 1. The third-order valence-corrected chi connectivity index (χ3v) is 6.26. The highest BCUT2D eigenvalue weighted by molar-refractivity contribution is 6.51. The largest absolute Gasteiger partial charge is 0.507 e. The van der Waals surface area contributed by atoms with Crippen LogP contribution >= 0.6 is 0 Å². The van der Waals surface area contributed by atoms with Crippen LogP contribution in [0.2, 0.25) is 0 Å². The summed E-state index contributed by atoms with van der Waals surface area (Å²) in [5.41, 5.74) is 5.06. The molecule has 1 heterocycles. The Balaban J connectivity index is 1.94. The van der Waals surface area contributed by atoms with Gasteiger partial charge in [-0.3, -0.25) is 14.5 Å². The van der Waals surface area contributed by atoms with Crippen LogP contribution in [0.25, 0.3) is 5.76 Å². The highest BCUT2D eigenvalue weighted by Crippen LogP contribution is 2.43. The molecule has 0 aliphatic carbocycles. The molecule has 4 rings (SSSR count). The normalized spacial score (nSPS) is 17.5. The molecule has 5 nitrogen and oxygen atoms in total. The van der Waals surface area contributed by atoms with Gasteiger partial charge in [-0.25, -0.2) is 0 Å². The summed E-state index contributed by atoms with van der Waals surface area (Å²) in [4.78, 5) is 28.0. The number of methoxy groups -OCH3 is 1. The molecular formula is C28H27NO4. The SMILES string of the molecule is CCc1ccc(/C(O)=C2\C(=O)C(=O)N(c3ccc(C)c(C)c3)C2c2cccc(OC)c2)cc1. The Morgan fingerprint density at radius 2 is 1.70 bits per heavy atom. The Bertz CT molecular complexity index is 1260. The molecule has 3 aromatic rings. The van der Waals surface area contributed by atoms with E-state index in [-0.39, 0.29) is 11.3 Å². The summed E-state index contributed by atoms with van der Waals surface area (Å²) < 4.78 is 5.38. The number of ether oxygens (including phenoxy) is 1. The molecule has 1 unspecified atom stereocenters. The molecule has 0 saturated carbocycles. The molecule has 0 spiro atoms. The second-order valence-corrected chi connectivity index (χ2v) is 8.26. The lowest BCUT2D eigenvalue weighted by Gasteiger charge is -2.26. The summed E-state index contributed by atoms with van der Waals surface area (Å²) in [5, 5.41) is 11.2. The topological polar surface area (TPSA) is 66.8 Å². The van der Waals surface area contributed by atoms with E-state index in [1.807, 2.05) is 63.2 Å². The molecule has 1 atom stereocenters. The Morgan fingerprint density at radius 3 is 2.33 bits per heavy atom. The van der Waals surface area contributed by atoms with Crippen LogP contribution in [0.4, 0.5) is 5.69 Å². The zero-order valence-corrected chi connectivity index (χ0v) is 19.3. The van der Waals surface area contributed by atoms with Crippen molar-refractivity contribution in [3.05, 3.63) is 100 Å². The molecule has 168 valence electrons. The first-order valence-corrected chi connectivity index (χ1v) is 11.0. The first kappa shape index (κ1) is 22.3. The summed E-state index contributed by atoms with van der Waals surface area (Å²) in [7, 11) is 1.56. The molecule has 3 aromatic carbocycles. The number of aryl methyl sites for hydroxylation is 3. The summed E-state index contributed by atoms with van der Waals surface area (Å²) in [6.07, 6.45) is 0.863. The fourth-order valence-corrected chi connectivity index (χ4v) is 4.16. The van der Waals surface area contributed by atoms with Crippen molar-refractivity contribution in [2.45, 2.75) is 33.2 Å². The van der Waals surface area contributed by atoms with E-state index < -0.39 is 17.7 Å². The Hall–Kier alpha value is -3.86. The Morgan fingerprint density at radius 1 is 0.970 bits per heavy atom. The second-order valence-electron chi connectivity index (χ2n) is 8.26. The third kappa shape index (κ3) is 4.02. The van der Waals surface area contributed by atoms with Crippen molar-refractivity contribution in [3.8, 4) is 5.75 Å². The highest BCUT2D eigenvalue weighted by Gasteiger charge is 2.47. The first-order valence-electron chi connectivity index (χ1n) is 11.0. The molecule has 1 amide bonds. The predicted octanol–water partition coefficient (Wildman–Crippen LogP) is 5.50. The number of aliphatic hydroxyl groups excluding tert-OH is 1. The van der Waals surface area contributed by atoms with Gasteiger partial charge in [-0.2, -0.15) is 0 Å². The van der Waals surface area contributed by atoms with E-state index in [9.17, 15) is 14.7 Å². The highest BCUT2D eigenvalue weighted by atomic mass is 16.5. The van der Waals surface area contributed by atoms with E-state index in [0.717, 1.165) is 23.1 Å². The average Bonchev–Trinajstić information content (AvgIpc) is 3.11. The Labute approximate surface area is 193 Å². The molecule has 1 aliphatic rings. The number of aliphatic hydroxyl groups is 1. The number of anilines is 1. The maximum Gasteiger partial charge on any atom is 0.300 e. The minimum absolute atomic E-state index is 0.0655. The molecule has 1 aliphatic heterocycles. The van der Waals surface area contributed by atoms with Gasteiger partial charge in [0.25, 0.3) is 11.7 Å². The van der Waals surface area contributed by atoms with Gasteiger partial charge in [-0.15, -0.1) is 0 Å². The summed E-state index contributed by atoms with van der Waals surface area (Å²) in [6.45, 7) is 6.00. The molecule has 1 saturated heterocycles. The van der Waals surface area contributed by atoms with E-state index >= 15 is 0 Å². The molecular weight excluding hydrogens is 414 g/mol. The maximum atomic E-state index is 13.3. The van der Waals surface area contributed by atoms with E-state index in [4.69, 9.17) is 4.74 Å². The van der Waals surface area contributed by atoms with Crippen LogP contribution < -0.4 is 9.64 Å². The van der Waals surface area contributed by atoms with Crippen LogP contribution in [0.15, 0.2) is 72.3 Å². The van der Waals surface area contributed by atoms with Gasteiger partial charge in [0.2, 0.25) is 0 Å². The Kier molecular flexibility index (Phi) is 6.05. The van der Waals surface area contributed by atoms with Gasteiger partial charge in [-0.1, -0.05) is 49.4 Å². The van der Waals surface area contributed by atoms with Gasteiger partial charge in [-0.05, 0) is 66.8 Å². The van der Waals surface area contributed by atoms with Crippen molar-refractivity contribution >= 4 is 23.1 Å². The lowest BCUT2D eigenvalue weighted by atomic mass is 9.94. The van der Waals surface area contributed by atoms with E-state index in [1.165, 1.54) is 4.90 Å². The quantitative estimate of drug-likeness (QED) is 0.322. The minimum atomic E-state index is -0.784. The van der Waals surface area contributed by atoms with Crippen LogP contribution in [-0.2, 0) is 16.0 Å². The van der Waals surface area contributed by atoms with E-state index in [1.54, 1.807) is 31.4 Å². The van der Waals surface area contributed by atoms with Crippen LogP contribution in [0.3, 0.4) is 0 Å². The maximum absolute atomic E-state index is 13.3. The lowest BCUT2D eigenvalue weighted by molar-refractivity contribution is -0.132. The first-order chi connectivity index (χ1) is 15.8. The number of carbonyl (C=O) groups is 2. The fraction of sp³-hybridized carbons (Fsp3) is 0.214. The van der Waals surface area contributed by atoms with Crippen molar-refractivity contribution in [1.29, 1.82) is 0 Å². The van der Waals surface area contributed by atoms with Crippen LogP contribution in [0.5, 0.6) is 5.75 Å². The lowest BCUT2D eigenvalue weighted by Crippen LogP contribution is -2.29. The smallest absolute Gasteiger partial charge is 0.300 e. The molecule has 0 bridgehead atoms. The predicted molar refractivity (Wildman–Crippen MR) is 130 cm³/mol. The second kappa shape index (κ2) is 8.94. The zero-order chi connectivity index (χ0) is 23.7. The van der Waals surface area contributed by atoms with Crippen molar-refractivity contribution < 1.29 is 19.4 Å². The molecule has 0 aromatic heterocycles. The fourth-order valence-electron chi connectivity index (χ4n) is 4.16. The monoisotopic (exact) mass is 441 g/mol. The van der Waals surface area contributed by atoms with Gasteiger partial charge in [0, 0.05) is 11.3 Å². The molecule has 0 radical (unpaired) electrons. The molecule has 33 heavy (non-hydrogen) atoms. The van der Waals surface area contributed by atoms with Gasteiger partial charge < -0.3 is 9.84 Å². The number of benzene rings is 3. The number of hydrogen-bond donors (Lipinski definition) is 1. The van der Waals surface area contributed by atoms with Crippen molar-refractivity contribution in [1.82, 2.24) is 0 Å². The van der Waals surface area contributed by atoms with Crippen molar-refractivity contribution in [3.63, 3.8) is 0 Å². The van der Waals surface area contributed by atoms with Crippen molar-refractivity contribution in [2.75, 3.05) is 12.0 Å². The van der Waals surface area contributed by atoms with Gasteiger partial charge in [0.15, 0.2) is 0 Å². The number of ketones is 1. The summed E-state index contributed by atoms with van der Waals surface area (Å²) in [6, 6.07) is 19.5. The van der Waals surface area contributed by atoms with Crippen LogP contribution in [0, 0.1) is 13.8 Å². The molecule has 5 heteroatoms. The van der Waals surface area contributed by atoms with Gasteiger partial charge >= 0.3 is 0 Å². The number of rotatable bonds is 5. The molecule has 1 N–H and O–H groups in total. The average molecular weight is 442 g/mol. The zero-order valence-electron chi connectivity index (χ0n) is 19.3. The van der Waals surface area contributed by atoms with Crippen LogP contribution in [-0.4, -0.2) is 23.9 Å². The third-order valence-electron chi connectivity index (χ3n) is 6.26. The van der Waals surface area contributed by atoms with Crippen molar-refractivity contribution in [2.24, 2.45) is 0 Å². The van der Waals surface area contributed by atoms with E-state index in [2.05, 4.69) is 0 Å². The number of carbonyl (C=O) groups excluding carboxylic acids is 2. The summed E-state index contributed by atoms with van der Waals surface area (Å²) >= 11 is 0. The van der Waals surface area contributed by atoms with Gasteiger partial charge in [0.05, 0.1) is 18.7 Å². The number of nitrogens with zero attached hydrogens (tertiary/aromatic N) is 1. The van der Waals surface area contributed by atoms with Gasteiger partial charge in [0.1, 0.15) is 11.5 Å². The molecule has 1 fully saturated rings. The number of hydrogen-bond acceptors (Lipinski definition) is 4. The summed E-state index contributed by atoms with van der Waals surface area (Å²) in [5.74, 6) is -0.962. The van der Waals surface area contributed by atoms with Crippen LogP contribution in [0.1, 0.15) is 40.8 Å². The minimum Gasteiger partial charge on any atom is -0.507 e. The number of amides is 1.